The van der Waals surface area contributed by atoms with Crippen molar-refractivity contribution in [1.29, 1.82) is 0 Å². The maximum atomic E-state index is 13.3. The molecule has 0 saturated carbocycles. The number of benzene rings is 1. The Bertz CT molecular complexity index is 854. The highest BCUT2D eigenvalue weighted by Gasteiger charge is 2.13. The van der Waals surface area contributed by atoms with E-state index in [4.69, 9.17) is 0 Å². The monoisotopic (exact) mass is 328 g/mol. The number of aromatic nitrogens is 5. The summed E-state index contributed by atoms with van der Waals surface area (Å²) in [5.74, 6) is -0.0200. The van der Waals surface area contributed by atoms with Crippen LogP contribution < -0.4 is 5.32 Å². The van der Waals surface area contributed by atoms with Crippen LogP contribution >= 0.6 is 0 Å². The normalized spacial score (nSPS) is 11.0. The molecule has 0 fully saturated rings. The summed E-state index contributed by atoms with van der Waals surface area (Å²) in [7, 11) is 0. The Morgan fingerprint density at radius 2 is 2.17 bits per heavy atom. The molecule has 0 aliphatic heterocycles. The predicted octanol–water partition coefficient (Wildman–Crippen LogP) is 2.11. The van der Waals surface area contributed by atoms with Gasteiger partial charge in [-0.15, -0.1) is 10.2 Å². The molecule has 1 N–H and O–H groups in total. The molecule has 0 aliphatic carbocycles. The van der Waals surface area contributed by atoms with Crippen LogP contribution in [0.3, 0.4) is 0 Å². The van der Waals surface area contributed by atoms with E-state index in [0.29, 0.717) is 11.5 Å². The summed E-state index contributed by atoms with van der Waals surface area (Å²) in [4.78, 5) is 12.2. The van der Waals surface area contributed by atoms with Crippen molar-refractivity contribution in [2.75, 3.05) is 0 Å². The van der Waals surface area contributed by atoms with Crippen LogP contribution in [0.25, 0.3) is 5.69 Å². The number of hydrogen-bond donors (Lipinski definition) is 1. The Morgan fingerprint density at radius 3 is 2.92 bits per heavy atom. The van der Waals surface area contributed by atoms with Crippen LogP contribution in [0.15, 0.2) is 42.9 Å². The average molecular weight is 328 g/mol. The van der Waals surface area contributed by atoms with Gasteiger partial charge in [0, 0.05) is 12.2 Å². The van der Waals surface area contributed by atoms with Crippen molar-refractivity contribution in [3.05, 3.63) is 60.2 Å². The van der Waals surface area contributed by atoms with Crippen molar-refractivity contribution in [3.63, 3.8) is 0 Å². The van der Waals surface area contributed by atoms with Gasteiger partial charge in [0.15, 0.2) is 11.5 Å². The Kier molecular flexibility index (Phi) is 4.37. The highest BCUT2D eigenvalue weighted by atomic mass is 19.1. The van der Waals surface area contributed by atoms with E-state index in [2.05, 4.69) is 20.6 Å². The highest BCUT2D eigenvalue weighted by molar-refractivity contribution is 5.92. The number of carbonyl (C=O) groups is 1. The second-order valence-corrected chi connectivity index (χ2v) is 5.56. The lowest BCUT2D eigenvalue weighted by Crippen LogP contribution is -2.25. The van der Waals surface area contributed by atoms with Crippen molar-refractivity contribution < 1.29 is 9.18 Å². The Balaban J connectivity index is 1.69. The Morgan fingerprint density at radius 1 is 1.33 bits per heavy atom. The molecule has 8 heteroatoms. The van der Waals surface area contributed by atoms with Crippen molar-refractivity contribution in [2.45, 2.75) is 26.4 Å². The minimum atomic E-state index is -0.359. The van der Waals surface area contributed by atoms with Gasteiger partial charge in [0.1, 0.15) is 12.1 Å². The number of carbonyl (C=O) groups excluding carboxylic acids is 1. The van der Waals surface area contributed by atoms with E-state index < -0.39 is 0 Å². The van der Waals surface area contributed by atoms with Gasteiger partial charge in [-0.25, -0.2) is 9.07 Å². The zero-order chi connectivity index (χ0) is 17.1. The summed E-state index contributed by atoms with van der Waals surface area (Å²) >= 11 is 0. The van der Waals surface area contributed by atoms with Crippen molar-refractivity contribution in [2.24, 2.45) is 0 Å². The van der Waals surface area contributed by atoms with E-state index in [1.54, 1.807) is 30.7 Å². The highest BCUT2D eigenvalue weighted by Crippen LogP contribution is 2.10. The Hall–Kier alpha value is -3.03. The fraction of sp³-hybridized carbons (Fsp3) is 0.250. The first-order chi connectivity index (χ1) is 11.5. The van der Waals surface area contributed by atoms with Crippen molar-refractivity contribution in [3.8, 4) is 5.69 Å². The average Bonchev–Trinajstić information content (AvgIpc) is 3.22. The van der Waals surface area contributed by atoms with Gasteiger partial charge in [-0.3, -0.25) is 4.79 Å². The van der Waals surface area contributed by atoms with E-state index in [9.17, 15) is 9.18 Å². The molecule has 0 atom stereocenters. The largest absolute Gasteiger partial charge is 0.343 e. The third-order valence-corrected chi connectivity index (χ3v) is 3.51. The van der Waals surface area contributed by atoms with Crippen molar-refractivity contribution in [1.82, 2.24) is 29.9 Å². The molecule has 2 heterocycles. The molecule has 1 aromatic carbocycles. The van der Waals surface area contributed by atoms with Gasteiger partial charge in [0.05, 0.1) is 12.2 Å². The van der Waals surface area contributed by atoms with Crippen LogP contribution in [0.5, 0.6) is 0 Å². The minimum absolute atomic E-state index is 0.207. The summed E-state index contributed by atoms with van der Waals surface area (Å²) in [6, 6.07) is 7.78. The first-order valence-corrected chi connectivity index (χ1v) is 7.53. The van der Waals surface area contributed by atoms with Crippen LogP contribution in [0.2, 0.25) is 0 Å². The number of amides is 1. The van der Waals surface area contributed by atoms with Crippen molar-refractivity contribution >= 4 is 5.91 Å². The third-order valence-electron chi connectivity index (χ3n) is 3.51. The maximum absolute atomic E-state index is 13.3. The number of nitrogens with one attached hydrogen (secondary N) is 1. The van der Waals surface area contributed by atoms with Gasteiger partial charge in [-0.1, -0.05) is 6.07 Å². The molecule has 24 heavy (non-hydrogen) atoms. The number of rotatable bonds is 5. The Labute approximate surface area is 138 Å². The van der Waals surface area contributed by atoms with Crippen LogP contribution in [-0.2, 0) is 6.54 Å². The van der Waals surface area contributed by atoms with Crippen LogP contribution in [0.1, 0.15) is 36.2 Å². The topological polar surface area (TPSA) is 77.6 Å². The summed E-state index contributed by atoms with van der Waals surface area (Å²) in [5.41, 5.74) is 0.795. The summed E-state index contributed by atoms with van der Waals surface area (Å²) in [6.07, 6.45) is 3.24. The zero-order valence-electron chi connectivity index (χ0n) is 13.3. The molecular formula is C16H17FN6O. The van der Waals surface area contributed by atoms with Gasteiger partial charge in [0.25, 0.3) is 5.91 Å². The van der Waals surface area contributed by atoms with Crippen LogP contribution in [0, 0.1) is 5.82 Å². The number of hydrogen-bond acceptors (Lipinski definition) is 4. The lowest BCUT2D eigenvalue weighted by atomic mass is 10.3. The minimum Gasteiger partial charge on any atom is -0.343 e. The third kappa shape index (κ3) is 3.32. The molecule has 7 nitrogen and oxygen atoms in total. The molecule has 0 bridgehead atoms. The summed E-state index contributed by atoms with van der Waals surface area (Å²) in [6.45, 7) is 4.27. The lowest BCUT2D eigenvalue weighted by Gasteiger charge is -2.10. The van der Waals surface area contributed by atoms with E-state index in [1.165, 1.54) is 16.8 Å². The maximum Gasteiger partial charge on any atom is 0.272 e. The smallest absolute Gasteiger partial charge is 0.272 e. The van der Waals surface area contributed by atoms with Gasteiger partial charge in [-0.05, 0) is 38.1 Å². The van der Waals surface area contributed by atoms with Crippen LogP contribution in [-0.4, -0.2) is 30.5 Å². The molecule has 0 saturated heterocycles. The summed E-state index contributed by atoms with van der Waals surface area (Å²) in [5, 5.41) is 14.8. The standard InChI is InChI=1S/C16H17FN6O/c1-11(2)22-10-19-20-15(22)9-18-16(24)14-6-7-23(21-14)13-5-3-4-12(17)8-13/h3-8,10-11H,9H2,1-2H3,(H,18,24). The van der Waals surface area contributed by atoms with E-state index >= 15 is 0 Å². The quantitative estimate of drug-likeness (QED) is 0.778. The number of halogens is 1. The molecule has 0 radical (unpaired) electrons. The molecule has 2 aromatic heterocycles. The van der Waals surface area contributed by atoms with E-state index in [-0.39, 0.29) is 30.0 Å². The second-order valence-electron chi connectivity index (χ2n) is 5.56. The van der Waals surface area contributed by atoms with E-state index in [0.717, 1.165) is 0 Å². The van der Waals surface area contributed by atoms with Gasteiger partial charge in [0.2, 0.25) is 0 Å². The lowest BCUT2D eigenvalue weighted by molar-refractivity contribution is 0.0944. The molecule has 0 unspecified atom stereocenters. The first kappa shape index (κ1) is 15.9. The predicted molar refractivity (Wildman–Crippen MR) is 85.1 cm³/mol. The summed E-state index contributed by atoms with van der Waals surface area (Å²) < 4.78 is 16.6. The SMILES string of the molecule is CC(C)n1cnnc1CNC(=O)c1ccn(-c2cccc(F)c2)n1. The molecule has 124 valence electrons. The molecule has 3 aromatic rings. The van der Waals surface area contributed by atoms with Gasteiger partial charge in [-0.2, -0.15) is 5.10 Å². The van der Waals surface area contributed by atoms with E-state index in [1.807, 2.05) is 18.4 Å². The number of nitrogens with zero attached hydrogens (tertiary/aromatic N) is 5. The van der Waals surface area contributed by atoms with Gasteiger partial charge >= 0.3 is 0 Å². The fourth-order valence-electron chi connectivity index (χ4n) is 2.28. The molecule has 3 rings (SSSR count). The molecule has 0 aliphatic rings. The molecule has 0 spiro atoms. The van der Waals surface area contributed by atoms with Crippen LogP contribution in [0.4, 0.5) is 4.39 Å². The molecule has 1 amide bonds. The molecular weight excluding hydrogens is 311 g/mol. The first-order valence-electron chi connectivity index (χ1n) is 7.53. The van der Waals surface area contributed by atoms with Gasteiger partial charge < -0.3 is 9.88 Å². The fourth-order valence-corrected chi connectivity index (χ4v) is 2.28. The second kappa shape index (κ2) is 6.61. The zero-order valence-corrected chi connectivity index (χ0v) is 13.3.